The lowest BCUT2D eigenvalue weighted by Crippen LogP contribution is -2.37. The van der Waals surface area contributed by atoms with Gasteiger partial charge in [-0.25, -0.2) is 0 Å². The molecule has 1 aromatic rings. The Bertz CT molecular complexity index is 556. The first kappa shape index (κ1) is 16.2. The molecular weight excluding hydrogens is 278 g/mol. The zero-order valence-electron chi connectivity index (χ0n) is 12.9. The molecule has 1 N–H and O–H groups in total. The highest BCUT2D eigenvalue weighted by Gasteiger charge is 2.15. The number of carbonyl (C=O) groups excluding carboxylic acids is 1. The van der Waals surface area contributed by atoms with Crippen molar-refractivity contribution in [2.45, 2.75) is 12.7 Å². The quantitative estimate of drug-likeness (QED) is 0.712. The number of amides is 1. The molecule has 0 spiro atoms. The topological polar surface area (TPSA) is 47.6 Å². The van der Waals surface area contributed by atoms with Gasteiger partial charge < -0.3 is 14.8 Å². The summed E-state index contributed by atoms with van der Waals surface area (Å²) in [4.78, 5) is 11.4. The second-order valence-electron chi connectivity index (χ2n) is 4.91. The van der Waals surface area contributed by atoms with Gasteiger partial charge >= 0.3 is 0 Å². The fourth-order valence-corrected chi connectivity index (χ4v) is 2.03. The van der Waals surface area contributed by atoms with Crippen molar-refractivity contribution < 1.29 is 14.3 Å². The molecule has 0 atom stereocenters. The number of methoxy groups -OCH3 is 2. The Balaban J connectivity index is 0.000000238. The van der Waals surface area contributed by atoms with Crippen molar-refractivity contribution in [3.8, 4) is 11.1 Å². The summed E-state index contributed by atoms with van der Waals surface area (Å²) in [6, 6.07) is 18.4. The number of hydrogen-bond acceptors (Lipinski definition) is 3. The van der Waals surface area contributed by atoms with Gasteiger partial charge in [0.1, 0.15) is 0 Å². The number of benzene rings is 2. The van der Waals surface area contributed by atoms with Crippen molar-refractivity contribution in [2.24, 2.45) is 0 Å². The Kier molecular flexibility index (Phi) is 6.13. The molecule has 4 heteroatoms. The maximum absolute atomic E-state index is 11.4. The van der Waals surface area contributed by atoms with E-state index in [4.69, 9.17) is 9.47 Å². The SMILES string of the molecule is COC(OC)C(=O)NCCc1ccccc1.c1cc2ccc1-2. The second-order valence-corrected chi connectivity index (χ2v) is 4.91. The maximum atomic E-state index is 11.4. The molecule has 2 aliphatic rings. The Labute approximate surface area is 131 Å². The van der Waals surface area contributed by atoms with Gasteiger partial charge in [-0.1, -0.05) is 54.6 Å². The van der Waals surface area contributed by atoms with Crippen molar-refractivity contribution in [2.75, 3.05) is 20.8 Å². The van der Waals surface area contributed by atoms with Crippen molar-refractivity contribution >= 4 is 5.91 Å². The van der Waals surface area contributed by atoms with E-state index in [1.807, 2.05) is 30.3 Å². The Hall–Kier alpha value is -2.17. The lowest BCUT2D eigenvalue weighted by Gasteiger charge is -2.13. The van der Waals surface area contributed by atoms with Crippen LogP contribution in [0.1, 0.15) is 5.56 Å². The first-order valence-electron chi connectivity index (χ1n) is 7.22. The molecule has 0 heterocycles. The molecule has 0 bridgehead atoms. The fourth-order valence-electron chi connectivity index (χ4n) is 2.03. The predicted octanol–water partition coefficient (Wildman–Crippen LogP) is 2.63. The summed E-state index contributed by atoms with van der Waals surface area (Å²) in [6.45, 7) is 0.575. The summed E-state index contributed by atoms with van der Waals surface area (Å²) < 4.78 is 9.66. The van der Waals surface area contributed by atoms with Crippen LogP contribution in [0.2, 0.25) is 0 Å². The summed E-state index contributed by atoms with van der Waals surface area (Å²) in [6.07, 6.45) is -0.0250. The zero-order valence-corrected chi connectivity index (χ0v) is 12.9. The number of carbonyl (C=O) groups is 1. The van der Waals surface area contributed by atoms with Crippen molar-refractivity contribution in [3.05, 3.63) is 60.2 Å². The molecule has 22 heavy (non-hydrogen) atoms. The third kappa shape index (κ3) is 4.41. The highest BCUT2D eigenvalue weighted by Crippen LogP contribution is 2.29. The van der Waals surface area contributed by atoms with Gasteiger partial charge in [-0.05, 0) is 23.1 Å². The van der Waals surface area contributed by atoms with E-state index in [-0.39, 0.29) is 5.91 Å². The summed E-state index contributed by atoms with van der Waals surface area (Å²) in [7, 11) is 2.87. The van der Waals surface area contributed by atoms with E-state index in [1.165, 1.54) is 30.9 Å². The highest BCUT2D eigenvalue weighted by molar-refractivity contribution is 5.79. The Morgan fingerprint density at radius 3 is 1.91 bits per heavy atom. The second kappa shape index (κ2) is 8.32. The van der Waals surface area contributed by atoms with Crippen LogP contribution >= 0.6 is 0 Å². The van der Waals surface area contributed by atoms with E-state index >= 15 is 0 Å². The summed E-state index contributed by atoms with van der Waals surface area (Å²) >= 11 is 0. The minimum absolute atomic E-state index is 0.249. The van der Waals surface area contributed by atoms with Crippen LogP contribution in [0.3, 0.4) is 0 Å². The third-order valence-corrected chi connectivity index (χ3v) is 3.42. The summed E-state index contributed by atoms with van der Waals surface area (Å²) in [5.74, 6) is -0.249. The molecule has 4 nitrogen and oxygen atoms in total. The van der Waals surface area contributed by atoms with Gasteiger partial charge in [0.05, 0.1) is 0 Å². The lowest BCUT2D eigenvalue weighted by atomic mass is 9.95. The molecule has 2 aliphatic carbocycles. The molecule has 0 aliphatic heterocycles. The van der Waals surface area contributed by atoms with Crippen LogP contribution in [0.25, 0.3) is 11.1 Å². The molecule has 0 saturated heterocycles. The van der Waals surface area contributed by atoms with Gasteiger partial charge in [-0.15, -0.1) is 0 Å². The fraction of sp³-hybridized carbons (Fsp3) is 0.278. The zero-order chi connectivity index (χ0) is 15.8. The summed E-state index contributed by atoms with van der Waals surface area (Å²) in [5.41, 5.74) is 4.04. The van der Waals surface area contributed by atoms with Crippen LogP contribution in [-0.4, -0.2) is 33.0 Å². The van der Waals surface area contributed by atoms with Crippen LogP contribution in [0.15, 0.2) is 54.6 Å². The van der Waals surface area contributed by atoms with Crippen molar-refractivity contribution in [1.82, 2.24) is 5.32 Å². The lowest BCUT2D eigenvalue weighted by molar-refractivity contribution is -0.158. The van der Waals surface area contributed by atoms with Gasteiger partial charge in [0.25, 0.3) is 5.91 Å². The van der Waals surface area contributed by atoms with Gasteiger partial charge in [0.15, 0.2) is 0 Å². The average molecular weight is 299 g/mol. The van der Waals surface area contributed by atoms with Crippen LogP contribution < -0.4 is 5.32 Å². The molecule has 1 amide bonds. The minimum atomic E-state index is -0.823. The van der Waals surface area contributed by atoms with E-state index in [2.05, 4.69) is 29.6 Å². The van der Waals surface area contributed by atoms with Crippen LogP contribution in [0.5, 0.6) is 0 Å². The first-order chi connectivity index (χ1) is 10.7. The van der Waals surface area contributed by atoms with E-state index in [9.17, 15) is 4.79 Å². The van der Waals surface area contributed by atoms with E-state index in [0.29, 0.717) is 6.54 Å². The van der Waals surface area contributed by atoms with Gasteiger partial charge in [-0.3, -0.25) is 4.79 Å². The normalized spacial score (nSPS) is 10.7. The third-order valence-electron chi connectivity index (χ3n) is 3.42. The predicted molar refractivity (Wildman–Crippen MR) is 86.4 cm³/mol. The molecule has 0 aromatic heterocycles. The van der Waals surface area contributed by atoms with Crippen LogP contribution in [0.4, 0.5) is 0 Å². The molecule has 0 radical (unpaired) electrons. The molecule has 3 rings (SSSR count). The Morgan fingerprint density at radius 1 is 0.955 bits per heavy atom. The van der Waals surface area contributed by atoms with E-state index in [1.54, 1.807) is 0 Å². The minimum Gasteiger partial charge on any atom is -0.351 e. The smallest absolute Gasteiger partial charge is 0.277 e. The molecule has 116 valence electrons. The van der Waals surface area contributed by atoms with E-state index < -0.39 is 6.29 Å². The molecule has 0 saturated carbocycles. The number of fused-ring (bicyclic) bond motifs is 1. The Morgan fingerprint density at radius 2 is 1.50 bits per heavy atom. The van der Waals surface area contributed by atoms with E-state index in [0.717, 1.165) is 6.42 Å². The monoisotopic (exact) mass is 299 g/mol. The summed E-state index contributed by atoms with van der Waals surface area (Å²) in [5, 5.41) is 2.74. The first-order valence-corrected chi connectivity index (χ1v) is 7.22. The van der Waals surface area contributed by atoms with Gasteiger partial charge in [-0.2, -0.15) is 0 Å². The van der Waals surface area contributed by atoms with Crippen molar-refractivity contribution in [3.63, 3.8) is 0 Å². The molecular formula is C18H21NO3. The van der Waals surface area contributed by atoms with Gasteiger partial charge in [0, 0.05) is 20.8 Å². The maximum Gasteiger partial charge on any atom is 0.277 e. The number of hydrogen-bond donors (Lipinski definition) is 1. The largest absolute Gasteiger partial charge is 0.351 e. The van der Waals surface area contributed by atoms with Crippen LogP contribution in [0, 0.1) is 0 Å². The highest BCUT2D eigenvalue weighted by atomic mass is 16.7. The molecule has 1 aromatic carbocycles. The number of nitrogens with one attached hydrogen (secondary N) is 1. The molecule has 0 unspecified atom stereocenters. The number of ether oxygens (including phenoxy) is 2. The van der Waals surface area contributed by atoms with Crippen molar-refractivity contribution in [1.29, 1.82) is 0 Å². The average Bonchev–Trinajstić information content (AvgIpc) is 2.53. The molecule has 0 fully saturated rings. The van der Waals surface area contributed by atoms with Crippen LogP contribution in [-0.2, 0) is 20.7 Å². The number of rotatable bonds is 6. The van der Waals surface area contributed by atoms with Gasteiger partial charge in [0.2, 0.25) is 6.29 Å². The standard InChI is InChI=1S/C12H17NO3.C6H4/c1-15-12(16-2)11(14)13-9-8-10-6-4-3-5-7-10;1-2-6-4-3-5(1)6/h3-7,12H,8-9H2,1-2H3,(H,13,14);1-4H.